The Morgan fingerprint density at radius 3 is 2.29 bits per heavy atom. The lowest BCUT2D eigenvalue weighted by Crippen LogP contribution is -2.39. The summed E-state index contributed by atoms with van der Waals surface area (Å²) in [5.41, 5.74) is -0.153. The Bertz CT molecular complexity index is 414. The molecule has 2 rings (SSSR count). The molecule has 2 fully saturated rings. The van der Waals surface area contributed by atoms with E-state index in [1.165, 1.54) is 10.6 Å². The second-order valence-electron chi connectivity index (χ2n) is 5.37. The Balaban J connectivity index is 1.99. The van der Waals surface area contributed by atoms with Gasteiger partial charge in [-0.1, -0.05) is 6.92 Å². The highest BCUT2D eigenvalue weighted by Crippen LogP contribution is 2.46. The molecule has 0 unspecified atom stereocenters. The summed E-state index contributed by atoms with van der Waals surface area (Å²) in [7, 11) is -3.12. The molecule has 1 saturated carbocycles. The van der Waals surface area contributed by atoms with E-state index in [-0.39, 0.29) is 11.3 Å². The van der Waals surface area contributed by atoms with Crippen LogP contribution in [0.2, 0.25) is 0 Å². The van der Waals surface area contributed by atoms with Gasteiger partial charge in [0.25, 0.3) is 0 Å². The minimum Gasteiger partial charge on any atom is -0.341 e. The van der Waals surface area contributed by atoms with Gasteiger partial charge >= 0.3 is 0 Å². The van der Waals surface area contributed by atoms with Gasteiger partial charge in [-0.15, -0.1) is 0 Å². The van der Waals surface area contributed by atoms with Crippen LogP contribution in [0.3, 0.4) is 0 Å². The van der Waals surface area contributed by atoms with E-state index in [4.69, 9.17) is 0 Å². The highest BCUT2D eigenvalue weighted by Gasteiger charge is 2.47. The average molecular weight is 260 g/mol. The summed E-state index contributed by atoms with van der Waals surface area (Å²) in [5.74, 6) is 0.202. The zero-order chi connectivity index (χ0) is 12.7. The lowest BCUT2D eigenvalue weighted by atomic mass is 10.1. The molecular formula is C11H20N2O3S. The van der Waals surface area contributed by atoms with Crippen molar-refractivity contribution in [3.63, 3.8) is 0 Å². The number of hydrogen-bond acceptors (Lipinski definition) is 3. The monoisotopic (exact) mass is 260 g/mol. The quantitative estimate of drug-likeness (QED) is 0.716. The molecule has 0 N–H and O–H groups in total. The minimum atomic E-state index is -3.12. The summed E-state index contributed by atoms with van der Waals surface area (Å²) in [6.45, 7) is 4.16. The second-order valence-corrected chi connectivity index (χ2v) is 7.35. The molecule has 6 heteroatoms. The molecule has 0 radical (unpaired) electrons. The van der Waals surface area contributed by atoms with Crippen molar-refractivity contribution in [1.82, 2.24) is 9.21 Å². The first-order valence-electron chi connectivity index (χ1n) is 6.07. The first-order chi connectivity index (χ1) is 7.83. The fourth-order valence-electron chi connectivity index (χ4n) is 2.21. The summed E-state index contributed by atoms with van der Waals surface area (Å²) in [4.78, 5) is 14.0. The van der Waals surface area contributed by atoms with Gasteiger partial charge in [0.1, 0.15) is 0 Å². The number of carbonyl (C=O) groups excluding carboxylic acids is 1. The van der Waals surface area contributed by atoms with Crippen molar-refractivity contribution in [2.24, 2.45) is 5.41 Å². The summed E-state index contributed by atoms with van der Waals surface area (Å²) < 4.78 is 24.4. The van der Waals surface area contributed by atoms with E-state index in [9.17, 15) is 13.2 Å². The van der Waals surface area contributed by atoms with Gasteiger partial charge in [-0.3, -0.25) is 4.79 Å². The Morgan fingerprint density at radius 1 is 1.12 bits per heavy atom. The van der Waals surface area contributed by atoms with Crippen LogP contribution in [-0.4, -0.2) is 56.0 Å². The van der Waals surface area contributed by atoms with E-state index in [1.54, 1.807) is 0 Å². The van der Waals surface area contributed by atoms with Crippen LogP contribution >= 0.6 is 0 Å². The average Bonchev–Trinajstić information content (AvgIpc) is 2.99. The molecule has 1 amide bonds. The van der Waals surface area contributed by atoms with Crippen LogP contribution < -0.4 is 0 Å². The molecule has 2 aliphatic rings. The molecule has 0 aromatic carbocycles. The molecule has 5 nitrogen and oxygen atoms in total. The lowest BCUT2D eigenvalue weighted by molar-refractivity contribution is -0.136. The van der Waals surface area contributed by atoms with Gasteiger partial charge in [0, 0.05) is 31.6 Å². The Kier molecular flexibility index (Phi) is 3.20. The maximum atomic E-state index is 12.1. The molecule has 0 spiro atoms. The molecule has 98 valence electrons. The van der Waals surface area contributed by atoms with Crippen molar-refractivity contribution in [3.05, 3.63) is 0 Å². The predicted octanol–water partition coefficient (Wildman–Crippen LogP) is 0.280. The maximum absolute atomic E-state index is 12.1. The third kappa shape index (κ3) is 2.80. The molecule has 1 aliphatic carbocycles. The number of hydrogen-bond donors (Lipinski definition) is 0. The van der Waals surface area contributed by atoms with E-state index in [0.717, 1.165) is 19.3 Å². The number of sulfonamides is 1. The first-order valence-corrected chi connectivity index (χ1v) is 7.92. The molecular weight excluding hydrogens is 240 g/mol. The molecule has 1 heterocycles. The van der Waals surface area contributed by atoms with Crippen LogP contribution in [0, 0.1) is 5.41 Å². The van der Waals surface area contributed by atoms with Crippen LogP contribution in [0.4, 0.5) is 0 Å². The molecule has 0 bridgehead atoms. The van der Waals surface area contributed by atoms with Crippen molar-refractivity contribution < 1.29 is 13.2 Å². The molecule has 0 atom stereocenters. The predicted molar refractivity (Wildman–Crippen MR) is 65.0 cm³/mol. The van der Waals surface area contributed by atoms with Crippen molar-refractivity contribution >= 4 is 15.9 Å². The first kappa shape index (κ1) is 12.8. The van der Waals surface area contributed by atoms with Gasteiger partial charge in [-0.2, -0.15) is 0 Å². The van der Waals surface area contributed by atoms with Gasteiger partial charge in [-0.25, -0.2) is 12.7 Å². The van der Waals surface area contributed by atoms with E-state index in [0.29, 0.717) is 26.2 Å². The van der Waals surface area contributed by atoms with Crippen LogP contribution in [0.25, 0.3) is 0 Å². The summed E-state index contributed by atoms with van der Waals surface area (Å²) in [6.07, 6.45) is 3.90. The second kappa shape index (κ2) is 4.24. The van der Waals surface area contributed by atoms with Crippen molar-refractivity contribution in [2.45, 2.75) is 26.2 Å². The fourth-order valence-corrected chi connectivity index (χ4v) is 3.09. The smallest absolute Gasteiger partial charge is 0.228 e. The van der Waals surface area contributed by atoms with Gasteiger partial charge < -0.3 is 4.90 Å². The van der Waals surface area contributed by atoms with Crippen molar-refractivity contribution in [1.29, 1.82) is 0 Å². The Labute approximate surface area is 103 Å². The number of amides is 1. The van der Waals surface area contributed by atoms with Crippen molar-refractivity contribution in [2.75, 3.05) is 32.4 Å². The fraction of sp³-hybridized carbons (Fsp3) is 0.909. The van der Waals surface area contributed by atoms with Crippen molar-refractivity contribution in [3.8, 4) is 0 Å². The molecule has 1 aliphatic heterocycles. The maximum Gasteiger partial charge on any atom is 0.228 e. The third-order valence-corrected chi connectivity index (χ3v) is 5.03. The number of carbonyl (C=O) groups is 1. The lowest BCUT2D eigenvalue weighted by Gasteiger charge is -2.24. The highest BCUT2D eigenvalue weighted by atomic mass is 32.2. The Morgan fingerprint density at radius 2 is 1.76 bits per heavy atom. The zero-order valence-electron chi connectivity index (χ0n) is 10.5. The zero-order valence-corrected chi connectivity index (χ0v) is 11.3. The summed E-state index contributed by atoms with van der Waals surface area (Å²) >= 11 is 0. The number of rotatable bonds is 2. The van der Waals surface area contributed by atoms with Gasteiger partial charge in [0.15, 0.2) is 0 Å². The molecule has 1 saturated heterocycles. The third-order valence-electron chi connectivity index (χ3n) is 3.73. The van der Waals surface area contributed by atoms with Crippen LogP contribution in [0.5, 0.6) is 0 Å². The van der Waals surface area contributed by atoms with E-state index in [2.05, 4.69) is 0 Å². The van der Waals surface area contributed by atoms with E-state index in [1.807, 2.05) is 11.8 Å². The minimum absolute atomic E-state index is 0.153. The normalized spacial score (nSPS) is 25.4. The molecule has 0 aromatic heterocycles. The topological polar surface area (TPSA) is 57.7 Å². The van der Waals surface area contributed by atoms with Gasteiger partial charge in [0.05, 0.1) is 6.26 Å². The SMILES string of the molecule is CC1(C(=O)N2CCCN(S(C)(=O)=O)CC2)CC1. The van der Waals surface area contributed by atoms with Gasteiger partial charge in [-0.05, 0) is 19.3 Å². The van der Waals surface area contributed by atoms with E-state index < -0.39 is 10.0 Å². The summed E-state index contributed by atoms with van der Waals surface area (Å²) in [5, 5.41) is 0. The van der Waals surface area contributed by atoms with Crippen LogP contribution in [0.1, 0.15) is 26.2 Å². The largest absolute Gasteiger partial charge is 0.341 e. The summed E-state index contributed by atoms with van der Waals surface area (Å²) in [6, 6.07) is 0. The number of nitrogens with zero attached hydrogens (tertiary/aromatic N) is 2. The standard InChI is InChI=1S/C11H20N2O3S/c1-11(4-5-11)10(14)12-6-3-7-13(9-8-12)17(2,15)16/h3-9H2,1-2H3. The molecule has 17 heavy (non-hydrogen) atoms. The molecule has 0 aromatic rings. The Hall–Kier alpha value is -0.620. The van der Waals surface area contributed by atoms with Gasteiger partial charge in [0.2, 0.25) is 15.9 Å². The van der Waals surface area contributed by atoms with E-state index >= 15 is 0 Å². The van der Waals surface area contributed by atoms with Crippen LogP contribution in [-0.2, 0) is 14.8 Å². The van der Waals surface area contributed by atoms with Crippen LogP contribution in [0.15, 0.2) is 0 Å². The highest BCUT2D eigenvalue weighted by molar-refractivity contribution is 7.88.